The van der Waals surface area contributed by atoms with Crippen molar-refractivity contribution in [2.45, 2.75) is 19.3 Å². The standard InChI is InChI=1S/C23H24FN3O/c24-21-11-5-4-10-19(21)14-16-25-20-12-13-22(27-17-20)23(28)26-15-6-9-18-7-2-1-3-8-18/h1-5,7-8,10-13,17,25H,6,9,14-16H2,(H,26,28). The van der Waals surface area contributed by atoms with Crippen LogP contribution in [-0.2, 0) is 12.8 Å². The molecule has 0 unspecified atom stereocenters. The molecule has 0 saturated heterocycles. The van der Waals surface area contributed by atoms with Gasteiger partial charge >= 0.3 is 0 Å². The molecule has 0 radical (unpaired) electrons. The molecule has 0 spiro atoms. The van der Waals surface area contributed by atoms with Crippen LogP contribution in [0.2, 0.25) is 0 Å². The number of anilines is 1. The van der Waals surface area contributed by atoms with Crippen LogP contribution < -0.4 is 10.6 Å². The Hall–Kier alpha value is -3.21. The van der Waals surface area contributed by atoms with Crippen LogP contribution in [0.15, 0.2) is 72.9 Å². The van der Waals surface area contributed by atoms with Gasteiger partial charge in [-0.05, 0) is 48.6 Å². The van der Waals surface area contributed by atoms with E-state index in [9.17, 15) is 9.18 Å². The van der Waals surface area contributed by atoms with Crippen molar-refractivity contribution < 1.29 is 9.18 Å². The molecule has 0 fully saturated rings. The molecule has 0 saturated carbocycles. The summed E-state index contributed by atoms with van der Waals surface area (Å²) in [4.78, 5) is 16.4. The molecule has 0 bridgehead atoms. The molecular formula is C23H24FN3O. The van der Waals surface area contributed by atoms with Crippen molar-refractivity contribution in [3.63, 3.8) is 0 Å². The summed E-state index contributed by atoms with van der Waals surface area (Å²) in [5.41, 5.74) is 3.13. The summed E-state index contributed by atoms with van der Waals surface area (Å²) < 4.78 is 13.6. The summed E-state index contributed by atoms with van der Waals surface area (Å²) in [6.45, 7) is 1.20. The Morgan fingerprint density at radius 2 is 1.68 bits per heavy atom. The first-order valence-electron chi connectivity index (χ1n) is 9.48. The van der Waals surface area contributed by atoms with Crippen LogP contribution in [-0.4, -0.2) is 24.0 Å². The van der Waals surface area contributed by atoms with E-state index in [1.807, 2.05) is 30.3 Å². The summed E-state index contributed by atoms with van der Waals surface area (Å²) in [6, 6.07) is 20.5. The molecule has 28 heavy (non-hydrogen) atoms. The Morgan fingerprint density at radius 3 is 2.43 bits per heavy atom. The minimum Gasteiger partial charge on any atom is -0.383 e. The molecule has 0 aliphatic rings. The van der Waals surface area contributed by atoms with Gasteiger partial charge in [0.15, 0.2) is 0 Å². The maximum Gasteiger partial charge on any atom is 0.269 e. The van der Waals surface area contributed by atoms with Gasteiger partial charge in [-0.3, -0.25) is 4.79 Å². The van der Waals surface area contributed by atoms with E-state index in [1.165, 1.54) is 11.6 Å². The Balaban J connectivity index is 1.39. The molecule has 3 aromatic rings. The molecular weight excluding hydrogens is 353 g/mol. The van der Waals surface area contributed by atoms with Gasteiger partial charge in [-0.25, -0.2) is 9.37 Å². The Morgan fingerprint density at radius 1 is 0.893 bits per heavy atom. The number of amides is 1. The first kappa shape index (κ1) is 19.5. The van der Waals surface area contributed by atoms with Crippen molar-refractivity contribution in [3.05, 3.63) is 95.6 Å². The number of carbonyl (C=O) groups excluding carboxylic acids is 1. The normalized spacial score (nSPS) is 10.5. The second-order valence-corrected chi connectivity index (χ2v) is 6.55. The number of hydrogen-bond donors (Lipinski definition) is 2. The molecule has 0 atom stereocenters. The lowest BCUT2D eigenvalue weighted by Crippen LogP contribution is -2.25. The van der Waals surface area contributed by atoms with Crippen molar-refractivity contribution in [3.8, 4) is 0 Å². The number of carbonyl (C=O) groups is 1. The van der Waals surface area contributed by atoms with Crippen LogP contribution in [0.4, 0.5) is 10.1 Å². The monoisotopic (exact) mass is 377 g/mol. The third-order valence-electron chi connectivity index (χ3n) is 4.45. The van der Waals surface area contributed by atoms with Crippen molar-refractivity contribution >= 4 is 11.6 Å². The van der Waals surface area contributed by atoms with Crippen molar-refractivity contribution in [1.82, 2.24) is 10.3 Å². The van der Waals surface area contributed by atoms with Crippen molar-refractivity contribution in [2.24, 2.45) is 0 Å². The zero-order valence-electron chi connectivity index (χ0n) is 15.7. The highest BCUT2D eigenvalue weighted by molar-refractivity contribution is 5.92. The van der Waals surface area contributed by atoms with Gasteiger partial charge in [0.05, 0.1) is 11.9 Å². The molecule has 1 amide bonds. The molecule has 1 heterocycles. The summed E-state index contributed by atoms with van der Waals surface area (Å²) in [5, 5.41) is 6.09. The zero-order chi connectivity index (χ0) is 19.6. The Labute approximate surface area is 164 Å². The van der Waals surface area contributed by atoms with Crippen LogP contribution >= 0.6 is 0 Å². The van der Waals surface area contributed by atoms with Crippen LogP contribution in [0, 0.1) is 5.82 Å². The molecule has 3 rings (SSSR count). The molecule has 4 nitrogen and oxygen atoms in total. The van der Waals surface area contributed by atoms with E-state index in [2.05, 4.69) is 27.8 Å². The van der Waals surface area contributed by atoms with E-state index in [-0.39, 0.29) is 11.7 Å². The van der Waals surface area contributed by atoms with E-state index < -0.39 is 0 Å². The van der Waals surface area contributed by atoms with E-state index in [0.29, 0.717) is 30.8 Å². The molecule has 0 aliphatic heterocycles. The van der Waals surface area contributed by atoms with Crippen LogP contribution in [0.25, 0.3) is 0 Å². The van der Waals surface area contributed by atoms with Gasteiger partial charge in [-0.2, -0.15) is 0 Å². The van der Waals surface area contributed by atoms with Gasteiger partial charge in [-0.15, -0.1) is 0 Å². The van der Waals surface area contributed by atoms with E-state index in [0.717, 1.165) is 18.5 Å². The average Bonchev–Trinajstić information content (AvgIpc) is 2.74. The highest BCUT2D eigenvalue weighted by Crippen LogP contribution is 2.10. The van der Waals surface area contributed by atoms with Crippen LogP contribution in [0.3, 0.4) is 0 Å². The largest absolute Gasteiger partial charge is 0.383 e. The van der Waals surface area contributed by atoms with Gasteiger partial charge < -0.3 is 10.6 Å². The van der Waals surface area contributed by atoms with Crippen molar-refractivity contribution in [1.29, 1.82) is 0 Å². The van der Waals surface area contributed by atoms with E-state index in [1.54, 1.807) is 24.4 Å². The topological polar surface area (TPSA) is 54.0 Å². The fourth-order valence-corrected chi connectivity index (χ4v) is 2.91. The smallest absolute Gasteiger partial charge is 0.269 e. The Bertz CT molecular complexity index is 882. The van der Waals surface area contributed by atoms with Crippen LogP contribution in [0.5, 0.6) is 0 Å². The number of hydrogen-bond acceptors (Lipinski definition) is 3. The maximum atomic E-state index is 13.6. The third-order valence-corrected chi connectivity index (χ3v) is 4.45. The van der Waals surface area contributed by atoms with Crippen molar-refractivity contribution in [2.75, 3.05) is 18.4 Å². The number of halogens is 1. The molecule has 2 aromatic carbocycles. The molecule has 1 aromatic heterocycles. The summed E-state index contributed by atoms with van der Waals surface area (Å²) in [6.07, 6.45) is 4.02. The summed E-state index contributed by atoms with van der Waals surface area (Å²) in [7, 11) is 0. The maximum absolute atomic E-state index is 13.6. The third kappa shape index (κ3) is 5.91. The van der Waals surface area contributed by atoms with Gasteiger partial charge in [0, 0.05) is 13.1 Å². The lowest BCUT2D eigenvalue weighted by molar-refractivity contribution is 0.0948. The molecule has 2 N–H and O–H groups in total. The first-order valence-corrected chi connectivity index (χ1v) is 9.48. The summed E-state index contributed by atoms with van der Waals surface area (Å²) >= 11 is 0. The lowest BCUT2D eigenvalue weighted by Gasteiger charge is -2.08. The molecule has 5 heteroatoms. The molecule has 144 valence electrons. The Kier molecular flexibility index (Phi) is 7.13. The van der Waals surface area contributed by atoms with E-state index in [4.69, 9.17) is 0 Å². The van der Waals surface area contributed by atoms with E-state index >= 15 is 0 Å². The second-order valence-electron chi connectivity index (χ2n) is 6.55. The minimum atomic E-state index is -0.193. The SMILES string of the molecule is O=C(NCCCc1ccccc1)c1ccc(NCCc2ccccc2F)cn1. The average molecular weight is 377 g/mol. The predicted octanol–water partition coefficient (Wildman–Crippen LogP) is 4.24. The number of nitrogens with one attached hydrogen (secondary N) is 2. The highest BCUT2D eigenvalue weighted by atomic mass is 19.1. The number of benzene rings is 2. The van der Waals surface area contributed by atoms with Gasteiger partial charge in [0.25, 0.3) is 5.91 Å². The molecule has 0 aliphatic carbocycles. The fraction of sp³-hybridized carbons (Fsp3) is 0.217. The number of pyridine rings is 1. The second kappa shape index (κ2) is 10.2. The summed E-state index contributed by atoms with van der Waals surface area (Å²) in [5.74, 6) is -0.368. The number of rotatable bonds is 9. The minimum absolute atomic E-state index is 0.175. The first-order chi connectivity index (χ1) is 13.7. The fourth-order valence-electron chi connectivity index (χ4n) is 2.91. The zero-order valence-corrected chi connectivity index (χ0v) is 15.7. The van der Waals surface area contributed by atoms with Crippen LogP contribution in [0.1, 0.15) is 28.0 Å². The van der Waals surface area contributed by atoms with Gasteiger partial charge in [0.1, 0.15) is 11.5 Å². The lowest BCUT2D eigenvalue weighted by atomic mass is 10.1. The number of nitrogens with zero attached hydrogens (tertiary/aromatic N) is 1. The van der Waals surface area contributed by atoms with Gasteiger partial charge in [-0.1, -0.05) is 48.5 Å². The highest BCUT2D eigenvalue weighted by Gasteiger charge is 2.06. The number of aromatic nitrogens is 1. The quantitative estimate of drug-likeness (QED) is 0.549. The number of aryl methyl sites for hydroxylation is 1. The van der Waals surface area contributed by atoms with Gasteiger partial charge in [0.2, 0.25) is 0 Å². The predicted molar refractivity (Wildman–Crippen MR) is 110 cm³/mol.